The molecule has 3 rings (SSSR count). The van der Waals surface area contributed by atoms with E-state index in [0.717, 1.165) is 12.8 Å². The van der Waals surface area contributed by atoms with E-state index in [1.807, 2.05) is 0 Å². The van der Waals surface area contributed by atoms with Crippen molar-refractivity contribution in [3.63, 3.8) is 0 Å². The lowest BCUT2D eigenvalue weighted by molar-refractivity contribution is -0.158. The zero-order chi connectivity index (χ0) is 19.2. The van der Waals surface area contributed by atoms with Crippen molar-refractivity contribution in [2.75, 3.05) is 13.7 Å². The highest BCUT2D eigenvalue weighted by Gasteiger charge is 2.31. The standard InChI is InChI=1S/C20H20FNO5/c1-25-16-8-10-17(11-9-16)26-12-18(23)27-19(20(24)22-15-6-7-15)13-2-4-14(21)5-3-13/h2-5,8-11,15,19H,6-7,12H2,1H3,(H,22,24). The predicted octanol–water partition coefficient (Wildman–Crippen LogP) is 2.78. The number of benzene rings is 2. The van der Waals surface area contributed by atoms with Crippen LogP contribution in [0.4, 0.5) is 4.39 Å². The monoisotopic (exact) mass is 373 g/mol. The number of esters is 1. The van der Waals surface area contributed by atoms with E-state index in [1.165, 1.54) is 24.3 Å². The number of hydrogen-bond donors (Lipinski definition) is 1. The zero-order valence-corrected chi connectivity index (χ0v) is 14.8. The van der Waals surface area contributed by atoms with Gasteiger partial charge in [0, 0.05) is 11.6 Å². The molecular weight excluding hydrogens is 353 g/mol. The maximum absolute atomic E-state index is 13.2. The number of amides is 1. The van der Waals surface area contributed by atoms with E-state index in [1.54, 1.807) is 31.4 Å². The Balaban J connectivity index is 1.62. The molecule has 1 amide bonds. The van der Waals surface area contributed by atoms with Gasteiger partial charge in [0.15, 0.2) is 6.61 Å². The zero-order valence-electron chi connectivity index (χ0n) is 14.8. The predicted molar refractivity (Wildman–Crippen MR) is 94.9 cm³/mol. The fourth-order valence-electron chi connectivity index (χ4n) is 2.39. The van der Waals surface area contributed by atoms with Crippen molar-refractivity contribution in [3.05, 3.63) is 59.9 Å². The van der Waals surface area contributed by atoms with Crippen molar-refractivity contribution in [2.24, 2.45) is 0 Å². The van der Waals surface area contributed by atoms with Gasteiger partial charge in [0.25, 0.3) is 5.91 Å². The molecule has 7 heteroatoms. The molecule has 142 valence electrons. The summed E-state index contributed by atoms with van der Waals surface area (Å²) in [6, 6.07) is 12.1. The second-order valence-corrected chi connectivity index (χ2v) is 6.17. The second kappa shape index (κ2) is 8.53. The van der Waals surface area contributed by atoms with Gasteiger partial charge in [-0.15, -0.1) is 0 Å². The van der Waals surface area contributed by atoms with E-state index in [9.17, 15) is 14.0 Å². The van der Waals surface area contributed by atoms with E-state index in [-0.39, 0.29) is 12.6 Å². The molecule has 1 N–H and O–H groups in total. The van der Waals surface area contributed by atoms with Crippen LogP contribution >= 0.6 is 0 Å². The summed E-state index contributed by atoms with van der Waals surface area (Å²) in [4.78, 5) is 24.6. The molecule has 0 heterocycles. The number of nitrogens with one attached hydrogen (secondary N) is 1. The third kappa shape index (κ3) is 5.44. The van der Waals surface area contributed by atoms with E-state index in [0.29, 0.717) is 17.1 Å². The molecule has 1 fully saturated rings. The normalized spacial score (nSPS) is 14.1. The summed E-state index contributed by atoms with van der Waals surface area (Å²) in [7, 11) is 1.55. The minimum atomic E-state index is -1.15. The van der Waals surface area contributed by atoms with Gasteiger partial charge in [0.2, 0.25) is 6.10 Å². The molecule has 1 aliphatic rings. The third-order valence-electron chi connectivity index (χ3n) is 4.00. The molecule has 0 aliphatic heterocycles. The molecule has 27 heavy (non-hydrogen) atoms. The van der Waals surface area contributed by atoms with Crippen molar-refractivity contribution >= 4 is 11.9 Å². The molecule has 6 nitrogen and oxygen atoms in total. The molecule has 0 saturated heterocycles. The van der Waals surface area contributed by atoms with Crippen LogP contribution < -0.4 is 14.8 Å². The summed E-state index contributed by atoms with van der Waals surface area (Å²) >= 11 is 0. The van der Waals surface area contributed by atoms with Crippen LogP contribution in [0.3, 0.4) is 0 Å². The molecule has 2 aromatic carbocycles. The quantitative estimate of drug-likeness (QED) is 0.721. The van der Waals surface area contributed by atoms with E-state index in [2.05, 4.69) is 5.32 Å². The van der Waals surface area contributed by atoms with E-state index < -0.39 is 23.8 Å². The average Bonchev–Trinajstić information content (AvgIpc) is 3.49. The lowest BCUT2D eigenvalue weighted by Crippen LogP contribution is -2.34. The smallest absolute Gasteiger partial charge is 0.345 e. The van der Waals surface area contributed by atoms with Gasteiger partial charge in [-0.2, -0.15) is 0 Å². The van der Waals surface area contributed by atoms with Crippen molar-refractivity contribution in [2.45, 2.75) is 25.0 Å². The third-order valence-corrected chi connectivity index (χ3v) is 4.00. The first kappa shape index (κ1) is 18.7. The number of methoxy groups -OCH3 is 1. The Morgan fingerprint density at radius 3 is 2.30 bits per heavy atom. The van der Waals surface area contributed by atoms with E-state index >= 15 is 0 Å². The van der Waals surface area contributed by atoms with Crippen LogP contribution in [0.5, 0.6) is 11.5 Å². The van der Waals surface area contributed by atoms with Gasteiger partial charge < -0.3 is 19.5 Å². The Kier molecular flexibility index (Phi) is 5.90. The van der Waals surface area contributed by atoms with Crippen LogP contribution in [0.25, 0.3) is 0 Å². The summed E-state index contributed by atoms with van der Waals surface area (Å²) in [5.41, 5.74) is 0.396. The average molecular weight is 373 g/mol. The Labute approximate surface area is 156 Å². The van der Waals surface area contributed by atoms with Crippen molar-refractivity contribution in [1.82, 2.24) is 5.32 Å². The van der Waals surface area contributed by atoms with Gasteiger partial charge in [-0.1, -0.05) is 12.1 Å². The van der Waals surface area contributed by atoms with Gasteiger partial charge in [-0.3, -0.25) is 4.79 Å². The Hall–Kier alpha value is -3.09. The Bertz CT molecular complexity index is 787. The summed E-state index contributed by atoms with van der Waals surface area (Å²) in [5.74, 6) is -0.436. The Morgan fingerprint density at radius 1 is 1.07 bits per heavy atom. The van der Waals surface area contributed by atoms with E-state index in [4.69, 9.17) is 14.2 Å². The van der Waals surface area contributed by atoms with Crippen LogP contribution in [-0.4, -0.2) is 31.6 Å². The Morgan fingerprint density at radius 2 is 1.70 bits per heavy atom. The van der Waals surface area contributed by atoms with Crippen molar-refractivity contribution < 1.29 is 28.2 Å². The highest BCUT2D eigenvalue weighted by Crippen LogP contribution is 2.24. The topological polar surface area (TPSA) is 73.9 Å². The second-order valence-electron chi connectivity index (χ2n) is 6.17. The molecule has 1 saturated carbocycles. The lowest BCUT2D eigenvalue weighted by atomic mass is 10.1. The molecule has 1 aliphatic carbocycles. The number of carbonyl (C=O) groups is 2. The van der Waals surface area contributed by atoms with Gasteiger partial charge in [-0.05, 0) is 49.2 Å². The van der Waals surface area contributed by atoms with Crippen LogP contribution in [-0.2, 0) is 14.3 Å². The molecule has 1 unspecified atom stereocenters. The first-order chi connectivity index (χ1) is 13.0. The van der Waals surface area contributed by atoms with Crippen molar-refractivity contribution in [1.29, 1.82) is 0 Å². The number of hydrogen-bond acceptors (Lipinski definition) is 5. The van der Waals surface area contributed by atoms with Gasteiger partial charge in [-0.25, -0.2) is 9.18 Å². The lowest BCUT2D eigenvalue weighted by Gasteiger charge is -2.18. The van der Waals surface area contributed by atoms with Crippen LogP contribution in [0.2, 0.25) is 0 Å². The van der Waals surface area contributed by atoms with Gasteiger partial charge in [0.1, 0.15) is 17.3 Å². The highest BCUT2D eigenvalue weighted by molar-refractivity contribution is 5.85. The number of rotatable bonds is 8. The first-order valence-corrected chi connectivity index (χ1v) is 8.57. The molecular formula is C20H20FNO5. The summed E-state index contributed by atoms with van der Waals surface area (Å²) < 4.78 is 28.9. The largest absolute Gasteiger partial charge is 0.497 e. The number of ether oxygens (including phenoxy) is 3. The maximum atomic E-state index is 13.2. The van der Waals surface area contributed by atoms with Crippen LogP contribution in [0, 0.1) is 5.82 Å². The fourth-order valence-corrected chi connectivity index (χ4v) is 2.39. The van der Waals surface area contributed by atoms with Crippen molar-refractivity contribution in [3.8, 4) is 11.5 Å². The fraction of sp³-hybridized carbons (Fsp3) is 0.300. The summed E-state index contributed by atoms with van der Waals surface area (Å²) in [5, 5.41) is 2.79. The molecule has 0 radical (unpaired) electrons. The SMILES string of the molecule is COc1ccc(OCC(=O)OC(C(=O)NC2CC2)c2ccc(F)cc2)cc1. The molecule has 0 spiro atoms. The molecule has 1 atom stereocenters. The summed E-state index contributed by atoms with van der Waals surface area (Å²) in [6.45, 7) is -0.360. The van der Waals surface area contributed by atoms with Crippen LogP contribution in [0.1, 0.15) is 24.5 Å². The molecule has 2 aromatic rings. The number of carbonyl (C=O) groups excluding carboxylic acids is 2. The first-order valence-electron chi connectivity index (χ1n) is 8.57. The molecule has 0 bridgehead atoms. The van der Waals surface area contributed by atoms with Gasteiger partial charge >= 0.3 is 5.97 Å². The molecule has 0 aromatic heterocycles. The maximum Gasteiger partial charge on any atom is 0.345 e. The minimum absolute atomic E-state index is 0.106. The number of halogens is 1. The van der Waals surface area contributed by atoms with Crippen LogP contribution in [0.15, 0.2) is 48.5 Å². The minimum Gasteiger partial charge on any atom is -0.497 e. The van der Waals surface area contributed by atoms with Gasteiger partial charge in [0.05, 0.1) is 7.11 Å². The highest BCUT2D eigenvalue weighted by atomic mass is 19.1. The summed E-state index contributed by atoms with van der Waals surface area (Å²) in [6.07, 6.45) is 0.644.